The van der Waals surface area contributed by atoms with Gasteiger partial charge in [-0.15, -0.1) is 0 Å². The van der Waals surface area contributed by atoms with E-state index in [9.17, 15) is 4.79 Å². The number of anilines is 2. The molecule has 0 aliphatic heterocycles. The van der Waals surface area contributed by atoms with Crippen LogP contribution in [0.1, 0.15) is 5.56 Å². The molecule has 3 heterocycles. The summed E-state index contributed by atoms with van der Waals surface area (Å²) in [5.41, 5.74) is 9.40. The molecule has 0 aliphatic carbocycles. The molecular weight excluding hydrogens is 390 g/mol. The van der Waals surface area contributed by atoms with E-state index in [0.29, 0.717) is 22.2 Å². The molecule has 0 saturated carbocycles. The Kier molecular flexibility index (Phi) is 4.56. The zero-order chi connectivity index (χ0) is 20.7. The van der Waals surface area contributed by atoms with Crippen LogP contribution in [0.15, 0.2) is 49.6 Å². The van der Waals surface area contributed by atoms with Crippen molar-refractivity contribution < 1.29 is 4.79 Å². The van der Waals surface area contributed by atoms with E-state index in [1.165, 1.54) is 0 Å². The van der Waals surface area contributed by atoms with Gasteiger partial charge in [0.1, 0.15) is 0 Å². The molecule has 4 rings (SSSR count). The lowest BCUT2D eigenvalue weighted by Gasteiger charge is -2.07. The zero-order valence-electron chi connectivity index (χ0n) is 15.8. The van der Waals surface area contributed by atoms with Crippen molar-refractivity contribution in [1.82, 2.24) is 24.3 Å². The Morgan fingerprint density at radius 2 is 2.03 bits per heavy atom. The number of hydrogen-bond acceptors (Lipinski definition) is 5. The lowest BCUT2D eigenvalue weighted by Crippen LogP contribution is -2.11. The molecule has 0 bridgehead atoms. The molecule has 4 aromatic rings. The number of nitrogens with one attached hydrogen (secondary N) is 1. The number of aryl methyl sites for hydroxylation is 2. The smallest absolute Gasteiger partial charge is 0.248 e. The van der Waals surface area contributed by atoms with Crippen molar-refractivity contribution in [2.75, 3.05) is 5.32 Å². The van der Waals surface area contributed by atoms with Crippen molar-refractivity contribution in [3.05, 3.63) is 60.2 Å². The second-order valence-corrected chi connectivity index (χ2v) is 7.05. The van der Waals surface area contributed by atoms with Gasteiger partial charge < -0.3 is 15.6 Å². The van der Waals surface area contributed by atoms with Gasteiger partial charge in [-0.05, 0) is 11.6 Å². The lowest BCUT2D eigenvalue weighted by atomic mass is 10.0. The van der Waals surface area contributed by atoms with Gasteiger partial charge in [0.2, 0.25) is 11.9 Å². The van der Waals surface area contributed by atoms with Crippen LogP contribution >= 0.6 is 11.6 Å². The minimum atomic E-state index is -0.552. The number of amides is 1. The number of benzene rings is 1. The number of rotatable bonds is 5. The van der Waals surface area contributed by atoms with Crippen LogP contribution in [0.5, 0.6) is 0 Å². The quantitative estimate of drug-likeness (QED) is 0.494. The summed E-state index contributed by atoms with van der Waals surface area (Å²) < 4.78 is 3.62. The average Bonchev–Trinajstić information content (AvgIpc) is 3.25. The topological polar surface area (TPSA) is 104 Å². The second kappa shape index (κ2) is 7.06. The fraction of sp³-hybridized carbons (Fsp3) is 0.100. The third kappa shape index (κ3) is 3.45. The zero-order valence-corrected chi connectivity index (χ0v) is 16.6. The van der Waals surface area contributed by atoms with Gasteiger partial charge in [-0.25, -0.2) is 9.97 Å². The molecule has 0 fully saturated rings. The van der Waals surface area contributed by atoms with Gasteiger partial charge in [-0.1, -0.05) is 30.3 Å². The van der Waals surface area contributed by atoms with Gasteiger partial charge in [0.15, 0.2) is 0 Å². The third-order valence-corrected chi connectivity index (χ3v) is 4.87. The molecule has 1 aromatic carbocycles. The molecule has 29 heavy (non-hydrogen) atoms. The lowest BCUT2D eigenvalue weighted by molar-refractivity contribution is -0.112. The van der Waals surface area contributed by atoms with Gasteiger partial charge in [0.25, 0.3) is 0 Å². The number of nitrogens with two attached hydrogens (primary N) is 1. The fourth-order valence-corrected chi connectivity index (χ4v) is 3.33. The van der Waals surface area contributed by atoms with Crippen LogP contribution < -0.4 is 11.1 Å². The molecule has 3 aromatic heterocycles. The van der Waals surface area contributed by atoms with Gasteiger partial charge in [-0.3, -0.25) is 9.48 Å². The van der Waals surface area contributed by atoms with Crippen LogP contribution in [0.25, 0.3) is 27.7 Å². The summed E-state index contributed by atoms with van der Waals surface area (Å²) in [4.78, 5) is 20.3. The van der Waals surface area contributed by atoms with Crippen molar-refractivity contribution in [2.45, 2.75) is 0 Å². The molecular formula is C20H18ClN7O. The van der Waals surface area contributed by atoms with E-state index in [4.69, 9.17) is 17.3 Å². The van der Waals surface area contributed by atoms with E-state index >= 15 is 0 Å². The number of nitrogens with zero attached hydrogens (tertiary/aromatic N) is 5. The molecule has 1 amide bonds. The minimum absolute atomic E-state index is 0.262. The van der Waals surface area contributed by atoms with E-state index in [2.05, 4.69) is 27.0 Å². The molecule has 0 aliphatic rings. The number of carbonyl (C=O) groups is 1. The summed E-state index contributed by atoms with van der Waals surface area (Å²) in [7, 11) is 3.74. The van der Waals surface area contributed by atoms with Crippen LogP contribution in [0, 0.1) is 0 Å². The number of hydrogen-bond donors (Lipinski definition) is 2. The summed E-state index contributed by atoms with van der Waals surface area (Å²) in [5, 5.41) is 8.60. The SMILES string of the molecule is C=C(C(N)=O)c1ccc2c(-c3nc(Nc4cnn(C)c4)ncc3Cl)cn(C)c2c1. The van der Waals surface area contributed by atoms with E-state index < -0.39 is 5.91 Å². The number of primary amides is 1. The highest BCUT2D eigenvalue weighted by atomic mass is 35.5. The predicted octanol–water partition coefficient (Wildman–Crippen LogP) is 3.26. The van der Waals surface area contributed by atoms with Gasteiger partial charge in [0.05, 0.1) is 28.8 Å². The Labute approximate surface area is 171 Å². The van der Waals surface area contributed by atoms with Crippen LogP contribution in [0.4, 0.5) is 11.6 Å². The Morgan fingerprint density at radius 3 is 2.72 bits per heavy atom. The van der Waals surface area contributed by atoms with E-state index in [-0.39, 0.29) is 5.57 Å². The Bertz CT molecular complexity index is 1270. The van der Waals surface area contributed by atoms with Crippen molar-refractivity contribution >= 4 is 45.6 Å². The molecule has 8 nitrogen and oxygen atoms in total. The maximum Gasteiger partial charge on any atom is 0.248 e. The largest absolute Gasteiger partial charge is 0.366 e. The maximum absolute atomic E-state index is 11.4. The highest BCUT2D eigenvalue weighted by Crippen LogP contribution is 2.35. The third-order valence-electron chi connectivity index (χ3n) is 4.60. The standard InChI is InChI=1S/C20H18ClN7O/c1-11(19(22)29)12-4-5-14-15(10-27(2)17(14)6-12)18-16(21)8-23-20(26-18)25-13-7-24-28(3)9-13/h4-10H,1H2,2-3H3,(H2,22,29)(H,23,25,26). The minimum Gasteiger partial charge on any atom is -0.366 e. The Morgan fingerprint density at radius 1 is 1.24 bits per heavy atom. The average molecular weight is 408 g/mol. The fourth-order valence-electron chi connectivity index (χ4n) is 3.13. The van der Waals surface area contributed by atoms with Crippen molar-refractivity contribution in [2.24, 2.45) is 19.8 Å². The first-order valence-electron chi connectivity index (χ1n) is 8.70. The highest BCUT2D eigenvalue weighted by molar-refractivity contribution is 6.33. The molecule has 0 spiro atoms. The van der Waals surface area contributed by atoms with Crippen LogP contribution in [0.2, 0.25) is 5.02 Å². The van der Waals surface area contributed by atoms with E-state index in [1.807, 2.05) is 49.3 Å². The van der Waals surface area contributed by atoms with Crippen molar-refractivity contribution in [3.63, 3.8) is 0 Å². The van der Waals surface area contributed by atoms with Crippen LogP contribution in [-0.2, 0) is 18.9 Å². The summed E-state index contributed by atoms with van der Waals surface area (Å²) >= 11 is 6.42. The predicted molar refractivity (Wildman–Crippen MR) is 114 cm³/mol. The molecule has 146 valence electrons. The second-order valence-electron chi connectivity index (χ2n) is 6.65. The van der Waals surface area contributed by atoms with E-state index in [0.717, 1.165) is 22.2 Å². The maximum atomic E-state index is 11.4. The molecule has 0 unspecified atom stereocenters. The molecule has 0 saturated heterocycles. The van der Waals surface area contributed by atoms with Gasteiger partial charge in [0, 0.05) is 48.5 Å². The number of aromatic nitrogens is 5. The molecule has 0 atom stereocenters. The van der Waals surface area contributed by atoms with Gasteiger partial charge in [-0.2, -0.15) is 5.10 Å². The normalized spacial score (nSPS) is 11.0. The number of fused-ring (bicyclic) bond motifs is 1. The molecule has 3 N–H and O–H groups in total. The summed E-state index contributed by atoms with van der Waals surface area (Å²) in [6, 6.07) is 5.58. The van der Waals surface area contributed by atoms with E-state index in [1.54, 1.807) is 17.1 Å². The summed E-state index contributed by atoms with van der Waals surface area (Å²) in [6.45, 7) is 3.75. The summed E-state index contributed by atoms with van der Waals surface area (Å²) in [5.74, 6) is -0.142. The number of carbonyl (C=O) groups excluding carboxylic acids is 1. The first-order chi connectivity index (χ1) is 13.8. The van der Waals surface area contributed by atoms with Crippen molar-refractivity contribution in [3.8, 4) is 11.3 Å². The molecule has 0 radical (unpaired) electrons. The van der Waals surface area contributed by atoms with Gasteiger partial charge >= 0.3 is 0 Å². The molecule has 9 heteroatoms. The highest BCUT2D eigenvalue weighted by Gasteiger charge is 2.16. The monoisotopic (exact) mass is 407 g/mol. The summed E-state index contributed by atoms with van der Waals surface area (Å²) in [6.07, 6.45) is 7.00. The Hall–Kier alpha value is -3.65. The van der Waals surface area contributed by atoms with Crippen molar-refractivity contribution in [1.29, 1.82) is 0 Å². The van der Waals surface area contributed by atoms with Crippen LogP contribution in [0.3, 0.4) is 0 Å². The first-order valence-corrected chi connectivity index (χ1v) is 9.08. The Balaban J connectivity index is 1.79. The van der Waals surface area contributed by atoms with Crippen LogP contribution in [-0.4, -0.2) is 30.2 Å². The first kappa shape index (κ1) is 18.7. The number of halogens is 1.